The van der Waals surface area contributed by atoms with Gasteiger partial charge in [-0.2, -0.15) is 0 Å². The summed E-state index contributed by atoms with van der Waals surface area (Å²) >= 11 is 0. The summed E-state index contributed by atoms with van der Waals surface area (Å²) in [4.78, 5) is 0. The fraction of sp³-hybridized carbons (Fsp3) is 0.739. The maximum absolute atomic E-state index is 13.7. The molecule has 0 saturated heterocycles. The van der Waals surface area contributed by atoms with Crippen LogP contribution in [0.3, 0.4) is 0 Å². The molecule has 27 heavy (non-hydrogen) atoms. The molecule has 0 fully saturated rings. The zero-order valence-electron chi connectivity index (χ0n) is 18.2. The van der Waals surface area contributed by atoms with E-state index < -0.39 is 7.60 Å². The Morgan fingerprint density at radius 2 is 1.26 bits per heavy atom. The van der Waals surface area contributed by atoms with Crippen LogP contribution in [-0.4, -0.2) is 13.2 Å². The topological polar surface area (TPSA) is 35.5 Å². The van der Waals surface area contributed by atoms with Gasteiger partial charge in [-0.3, -0.25) is 4.57 Å². The Morgan fingerprint density at radius 3 is 1.63 bits per heavy atom. The van der Waals surface area contributed by atoms with Crippen molar-refractivity contribution in [2.45, 2.75) is 86.0 Å². The summed E-state index contributed by atoms with van der Waals surface area (Å²) in [5.74, 6) is 0.878. The molecule has 0 radical (unpaired) electrons. The van der Waals surface area contributed by atoms with Crippen LogP contribution in [0.2, 0.25) is 0 Å². The van der Waals surface area contributed by atoms with Gasteiger partial charge >= 0.3 is 7.60 Å². The molecule has 0 spiro atoms. The Balaban J connectivity index is 2.85. The smallest absolute Gasteiger partial charge is 0.305 e. The lowest BCUT2D eigenvalue weighted by Gasteiger charge is -2.24. The molecule has 0 aliphatic rings. The molecule has 0 aliphatic heterocycles. The Hall–Kier alpha value is -0.630. The van der Waals surface area contributed by atoms with Crippen LogP contribution in [0.5, 0.6) is 0 Å². The summed E-state index contributed by atoms with van der Waals surface area (Å²) in [5.41, 5.74) is 1.15. The standard InChI is InChI=1S/C23H41O3P/c1-6-10-12-21(8-3)18-25-27(24,23-16-14-20(5)15-17-23)26-19-22(9-4)13-11-7-2/h14-17,21-22H,6-13,18-19H2,1-5H3. The number of hydrogen-bond acceptors (Lipinski definition) is 3. The van der Waals surface area contributed by atoms with Crippen molar-refractivity contribution in [3.8, 4) is 0 Å². The van der Waals surface area contributed by atoms with E-state index in [-0.39, 0.29) is 0 Å². The Morgan fingerprint density at radius 1 is 0.815 bits per heavy atom. The lowest BCUT2D eigenvalue weighted by atomic mass is 10.0. The summed E-state index contributed by atoms with van der Waals surface area (Å²) < 4.78 is 25.7. The van der Waals surface area contributed by atoms with E-state index in [9.17, 15) is 4.57 Å². The molecule has 0 saturated carbocycles. The second kappa shape index (κ2) is 13.5. The highest BCUT2D eigenvalue weighted by Gasteiger charge is 2.29. The first kappa shape index (κ1) is 24.4. The molecular formula is C23H41O3P. The molecule has 2 unspecified atom stereocenters. The molecule has 1 aromatic carbocycles. The van der Waals surface area contributed by atoms with E-state index in [1.807, 2.05) is 31.2 Å². The van der Waals surface area contributed by atoms with Crippen molar-refractivity contribution >= 4 is 12.9 Å². The van der Waals surface area contributed by atoms with Gasteiger partial charge in [0.05, 0.1) is 18.5 Å². The third kappa shape index (κ3) is 8.94. The second-order valence-corrected chi connectivity index (χ2v) is 9.79. The van der Waals surface area contributed by atoms with Gasteiger partial charge in [0.1, 0.15) is 0 Å². The van der Waals surface area contributed by atoms with Crippen LogP contribution in [0.25, 0.3) is 0 Å². The van der Waals surface area contributed by atoms with E-state index in [4.69, 9.17) is 9.05 Å². The van der Waals surface area contributed by atoms with Gasteiger partial charge in [-0.15, -0.1) is 0 Å². The molecule has 2 atom stereocenters. The van der Waals surface area contributed by atoms with Crippen molar-refractivity contribution in [2.75, 3.05) is 13.2 Å². The molecule has 0 aromatic heterocycles. The van der Waals surface area contributed by atoms with Gasteiger partial charge < -0.3 is 9.05 Å². The van der Waals surface area contributed by atoms with Gasteiger partial charge in [0.25, 0.3) is 0 Å². The highest BCUT2D eigenvalue weighted by molar-refractivity contribution is 7.62. The van der Waals surface area contributed by atoms with E-state index in [1.165, 1.54) is 25.7 Å². The van der Waals surface area contributed by atoms with Crippen LogP contribution < -0.4 is 5.30 Å². The lowest BCUT2D eigenvalue weighted by Crippen LogP contribution is -2.18. The highest BCUT2D eigenvalue weighted by Crippen LogP contribution is 2.48. The van der Waals surface area contributed by atoms with E-state index in [1.54, 1.807) is 0 Å². The third-order valence-electron chi connectivity index (χ3n) is 5.40. The summed E-state index contributed by atoms with van der Waals surface area (Å²) in [6, 6.07) is 7.77. The highest BCUT2D eigenvalue weighted by atomic mass is 31.2. The van der Waals surface area contributed by atoms with Crippen LogP contribution in [-0.2, 0) is 13.6 Å². The number of rotatable bonds is 15. The first-order chi connectivity index (χ1) is 13.0. The first-order valence-electron chi connectivity index (χ1n) is 10.9. The molecule has 156 valence electrons. The first-order valence-corrected chi connectivity index (χ1v) is 12.5. The molecule has 1 rings (SSSR count). The average Bonchev–Trinajstić information content (AvgIpc) is 2.68. The van der Waals surface area contributed by atoms with Crippen LogP contribution in [0.15, 0.2) is 24.3 Å². The normalized spacial score (nSPS) is 16.0. The summed E-state index contributed by atoms with van der Waals surface area (Å²) in [5, 5.41) is 0.684. The van der Waals surface area contributed by atoms with Gasteiger partial charge in [-0.05, 0) is 43.7 Å². The van der Waals surface area contributed by atoms with Crippen molar-refractivity contribution in [1.29, 1.82) is 0 Å². The number of hydrogen-bond donors (Lipinski definition) is 0. The molecule has 1 aromatic rings. The van der Waals surface area contributed by atoms with E-state index in [2.05, 4.69) is 27.7 Å². The molecule has 0 amide bonds. The fourth-order valence-corrected chi connectivity index (χ4v) is 4.82. The summed E-state index contributed by atoms with van der Waals surface area (Å²) in [6.07, 6.45) is 9.06. The van der Waals surface area contributed by atoms with Crippen LogP contribution >= 0.6 is 7.60 Å². The van der Waals surface area contributed by atoms with Crippen LogP contribution in [0.4, 0.5) is 0 Å². The van der Waals surface area contributed by atoms with Crippen molar-refractivity contribution in [3.63, 3.8) is 0 Å². The van der Waals surface area contributed by atoms with Crippen LogP contribution in [0, 0.1) is 18.8 Å². The predicted octanol–water partition coefficient (Wildman–Crippen LogP) is 7.28. The summed E-state index contributed by atoms with van der Waals surface area (Å²) in [7, 11) is -3.29. The van der Waals surface area contributed by atoms with E-state index >= 15 is 0 Å². The van der Waals surface area contributed by atoms with Crippen LogP contribution in [0.1, 0.15) is 84.6 Å². The number of unbranched alkanes of at least 4 members (excludes halogenated alkanes) is 2. The van der Waals surface area contributed by atoms with Gasteiger partial charge in [0.2, 0.25) is 0 Å². The number of benzene rings is 1. The fourth-order valence-electron chi connectivity index (χ4n) is 3.12. The van der Waals surface area contributed by atoms with Gasteiger partial charge in [0.15, 0.2) is 0 Å². The predicted molar refractivity (Wildman–Crippen MR) is 117 cm³/mol. The quantitative estimate of drug-likeness (QED) is 0.292. The van der Waals surface area contributed by atoms with E-state index in [0.717, 1.165) is 31.2 Å². The molecule has 3 nitrogen and oxygen atoms in total. The molecule has 0 bridgehead atoms. The monoisotopic (exact) mass is 396 g/mol. The Labute approximate surface area is 167 Å². The van der Waals surface area contributed by atoms with Gasteiger partial charge in [0, 0.05) is 0 Å². The van der Waals surface area contributed by atoms with Crippen molar-refractivity contribution < 1.29 is 13.6 Å². The average molecular weight is 397 g/mol. The maximum atomic E-state index is 13.7. The molecular weight excluding hydrogens is 355 g/mol. The Bertz CT molecular complexity index is 517. The maximum Gasteiger partial charge on any atom is 0.361 e. The Kier molecular flexibility index (Phi) is 12.2. The van der Waals surface area contributed by atoms with E-state index in [0.29, 0.717) is 30.4 Å². The molecule has 0 aliphatic carbocycles. The minimum Gasteiger partial charge on any atom is -0.305 e. The third-order valence-corrected chi connectivity index (χ3v) is 7.31. The lowest BCUT2D eigenvalue weighted by molar-refractivity contribution is 0.157. The molecule has 4 heteroatoms. The number of aryl methyl sites for hydroxylation is 1. The van der Waals surface area contributed by atoms with Gasteiger partial charge in [-0.1, -0.05) is 83.9 Å². The molecule has 0 N–H and O–H groups in total. The van der Waals surface area contributed by atoms with Crippen molar-refractivity contribution in [3.05, 3.63) is 29.8 Å². The minimum atomic E-state index is -3.29. The van der Waals surface area contributed by atoms with Crippen molar-refractivity contribution in [2.24, 2.45) is 11.8 Å². The molecule has 0 heterocycles. The zero-order valence-corrected chi connectivity index (χ0v) is 19.1. The van der Waals surface area contributed by atoms with Crippen molar-refractivity contribution in [1.82, 2.24) is 0 Å². The zero-order chi connectivity index (χ0) is 20.1. The second-order valence-electron chi connectivity index (χ2n) is 7.76. The van der Waals surface area contributed by atoms with Gasteiger partial charge in [-0.25, -0.2) is 0 Å². The SMILES string of the molecule is CCCCC(CC)COP(=O)(OCC(CC)CCCC)c1ccc(C)cc1. The largest absolute Gasteiger partial charge is 0.361 e. The summed E-state index contributed by atoms with van der Waals surface area (Å²) in [6.45, 7) is 11.8. The minimum absolute atomic E-state index is 0.439.